The van der Waals surface area contributed by atoms with Crippen molar-refractivity contribution in [3.8, 4) is 0 Å². The van der Waals surface area contributed by atoms with Crippen LogP contribution in [0.2, 0.25) is 5.02 Å². The minimum atomic E-state index is 0. The van der Waals surface area contributed by atoms with Crippen LogP contribution in [0.1, 0.15) is 12.5 Å². The monoisotopic (exact) mass is 338 g/mol. The Kier molecular flexibility index (Phi) is 6.24. The first-order chi connectivity index (χ1) is 7.65. The van der Waals surface area contributed by atoms with Crippen LogP contribution in [0.5, 0.6) is 0 Å². The van der Waals surface area contributed by atoms with E-state index in [1.807, 2.05) is 12.1 Å². The molecular formula is C12H17BrCl2N2. The summed E-state index contributed by atoms with van der Waals surface area (Å²) in [6.07, 6.45) is 0. The van der Waals surface area contributed by atoms with Crippen molar-refractivity contribution in [2.24, 2.45) is 0 Å². The van der Waals surface area contributed by atoms with Crippen molar-refractivity contribution in [2.45, 2.75) is 19.5 Å². The molecule has 1 aliphatic heterocycles. The summed E-state index contributed by atoms with van der Waals surface area (Å²) in [6.45, 7) is 6.50. The maximum Gasteiger partial charge on any atom is 0.0551 e. The van der Waals surface area contributed by atoms with Crippen LogP contribution < -0.4 is 5.32 Å². The van der Waals surface area contributed by atoms with Gasteiger partial charge in [-0.15, -0.1) is 12.4 Å². The van der Waals surface area contributed by atoms with Gasteiger partial charge in [-0.1, -0.05) is 17.7 Å². The van der Waals surface area contributed by atoms with Gasteiger partial charge in [0.05, 0.1) is 5.02 Å². The molecule has 2 rings (SSSR count). The van der Waals surface area contributed by atoms with E-state index >= 15 is 0 Å². The molecule has 0 spiro atoms. The summed E-state index contributed by atoms with van der Waals surface area (Å²) in [5, 5.41) is 4.24. The Morgan fingerprint density at radius 3 is 2.94 bits per heavy atom. The maximum absolute atomic E-state index is 6.08. The fourth-order valence-electron chi connectivity index (χ4n) is 2.05. The normalized spacial score (nSPS) is 21.0. The van der Waals surface area contributed by atoms with E-state index in [0.29, 0.717) is 6.04 Å². The highest BCUT2D eigenvalue weighted by atomic mass is 79.9. The highest BCUT2D eigenvalue weighted by molar-refractivity contribution is 9.10. The second-order valence-corrected chi connectivity index (χ2v) is 5.60. The molecule has 1 saturated heterocycles. The molecule has 1 heterocycles. The Balaban J connectivity index is 0.00000144. The molecule has 17 heavy (non-hydrogen) atoms. The molecule has 1 aliphatic rings. The first kappa shape index (κ1) is 15.3. The van der Waals surface area contributed by atoms with E-state index in [4.69, 9.17) is 11.6 Å². The zero-order valence-electron chi connectivity index (χ0n) is 9.75. The molecule has 0 amide bonds. The van der Waals surface area contributed by atoms with Crippen molar-refractivity contribution in [2.75, 3.05) is 19.6 Å². The third-order valence-electron chi connectivity index (χ3n) is 2.84. The van der Waals surface area contributed by atoms with Crippen LogP contribution in [0, 0.1) is 0 Å². The Morgan fingerprint density at radius 1 is 1.53 bits per heavy atom. The van der Waals surface area contributed by atoms with Gasteiger partial charge in [0.2, 0.25) is 0 Å². The quantitative estimate of drug-likeness (QED) is 0.889. The number of nitrogens with zero attached hydrogens (tertiary/aromatic N) is 1. The van der Waals surface area contributed by atoms with Crippen molar-refractivity contribution in [3.05, 3.63) is 33.3 Å². The zero-order valence-corrected chi connectivity index (χ0v) is 12.9. The predicted molar refractivity (Wildman–Crippen MR) is 79.1 cm³/mol. The number of hydrogen-bond acceptors (Lipinski definition) is 2. The number of benzene rings is 1. The second kappa shape index (κ2) is 6.95. The van der Waals surface area contributed by atoms with E-state index in [1.165, 1.54) is 5.56 Å². The highest BCUT2D eigenvalue weighted by Crippen LogP contribution is 2.23. The van der Waals surface area contributed by atoms with E-state index in [1.54, 1.807) is 0 Å². The lowest BCUT2D eigenvalue weighted by Gasteiger charge is -2.31. The maximum atomic E-state index is 6.08. The van der Waals surface area contributed by atoms with Crippen LogP contribution >= 0.6 is 39.9 Å². The molecule has 1 aromatic rings. The van der Waals surface area contributed by atoms with Gasteiger partial charge in [0.25, 0.3) is 0 Å². The molecule has 0 radical (unpaired) electrons. The van der Waals surface area contributed by atoms with Gasteiger partial charge in [-0.05, 0) is 40.5 Å². The van der Waals surface area contributed by atoms with Crippen LogP contribution in [0.15, 0.2) is 22.7 Å². The van der Waals surface area contributed by atoms with E-state index in [2.05, 4.69) is 39.1 Å². The Hall–Kier alpha value is 0.200. The SMILES string of the molecule is C[C@@H]1CN(Cc2ccc(Br)c(Cl)c2)CCN1.Cl. The molecule has 2 nitrogen and oxygen atoms in total. The van der Waals surface area contributed by atoms with Crippen molar-refractivity contribution in [1.82, 2.24) is 10.2 Å². The van der Waals surface area contributed by atoms with Crippen LogP contribution in [-0.4, -0.2) is 30.6 Å². The van der Waals surface area contributed by atoms with E-state index in [-0.39, 0.29) is 12.4 Å². The zero-order chi connectivity index (χ0) is 11.5. The molecule has 0 aromatic heterocycles. The first-order valence-electron chi connectivity index (χ1n) is 5.55. The summed E-state index contributed by atoms with van der Waals surface area (Å²) in [5.74, 6) is 0. The fourth-order valence-corrected chi connectivity index (χ4v) is 2.50. The first-order valence-corrected chi connectivity index (χ1v) is 6.72. The van der Waals surface area contributed by atoms with E-state index < -0.39 is 0 Å². The largest absolute Gasteiger partial charge is 0.312 e. The van der Waals surface area contributed by atoms with Gasteiger partial charge in [0, 0.05) is 36.7 Å². The second-order valence-electron chi connectivity index (χ2n) is 4.34. The smallest absolute Gasteiger partial charge is 0.0551 e. The van der Waals surface area contributed by atoms with Crippen LogP contribution in [0.3, 0.4) is 0 Å². The lowest BCUT2D eigenvalue weighted by Crippen LogP contribution is -2.48. The number of nitrogens with one attached hydrogen (secondary N) is 1. The molecule has 0 saturated carbocycles. The average Bonchev–Trinajstić information content (AvgIpc) is 2.24. The summed E-state index contributed by atoms with van der Waals surface area (Å²) >= 11 is 9.49. The van der Waals surface area contributed by atoms with Crippen LogP contribution in [-0.2, 0) is 6.54 Å². The van der Waals surface area contributed by atoms with Crippen LogP contribution in [0.4, 0.5) is 0 Å². The summed E-state index contributed by atoms with van der Waals surface area (Å²) in [7, 11) is 0. The predicted octanol–water partition coefficient (Wildman–Crippen LogP) is 3.32. The van der Waals surface area contributed by atoms with Gasteiger partial charge in [0.1, 0.15) is 0 Å². The number of hydrogen-bond donors (Lipinski definition) is 1. The number of piperazine rings is 1. The molecule has 1 aromatic carbocycles. The minimum Gasteiger partial charge on any atom is -0.312 e. The summed E-state index contributed by atoms with van der Waals surface area (Å²) in [6, 6.07) is 6.77. The van der Waals surface area contributed by atoms with Crippen molar-refractivity contribution in [3.63, 3.8) is 0 Å². The van der Waals surface area contributed by atoms with Crippen molar-refractivity contribution < 1.29 is 0 Å². The Bertz CT molecular complexity index is 374. The molecule has 1 fully saturated rings. The summed E-state index contributed by atoms with van der Waals surface area (Å²) in [4.78, 5) is 2.46. The third kappa shape index (κ3) is 4.42. The lowest BCUT2D eigenvalue weighted by molar-refractivity contribution is 0.199. The van der Waals surface area contributed by atoms with Gasteiger partial charge >= 0.3 is 0 Å². The molecule has 0 unspecified atom stereocenters. The van der Waals surface area contributed by atoms with Gasteiger partial charge in [-0.2, -0.15) is 0 Å². The van der Waals surface area contributed by atoms with E-state index in [0.717, 1.165) is 35.7 Å². The molecular weight excluding hydrogens is 323 g/mol. The van der Waals surface area contributed by atoms with E-state index in [9.17, 15) is 0 Å². The molecule has 1 N–H and O–H groups in total. The van der Waals surface area contributed by atoms with Crippen molar-refractivity contribution in [1.29, 1.82) is 0 Å². The molecule has 5 heteroatoms. The van der Waals surface area contributed by atoms with Gasteiger partial charge in [-0.3, -0.25) is 4.90 Å². The van der Waals surface area contributed by atoms with Gasteiger partial charge in [-0.25, -0.2) is 0 Å². The van der Waals surface area contributed by atoms with Gasteiger partial charge < -0.3 is 5.32 Å². The topological polar surface area (TPSA) is 15.3 Å². The Labute approximate surface area is 122 Å². The Morgan fingerprint density at radius 2 is 2.29 bits per heavy atom. The standard InChI is InChI=1S/C12H16BrClN2.ClH/c1-9-7-16(5-4-15-9)8-10-2-3-11(13)12(14)6-10;/h2-3,6,9,15H,4-5,7-8H2,1H3;1H/t9-;/m1./s1. The molecule has 96 valence electrons. The van der Waals surface area contributed by atoms with Gasteiger partial charge in [0.15, 0.2) is 0 Å². The lowest BCUT2D eigenvalue weighted by atomic mass is 10.1. The molecule has 0 bridgehead atoms. The van der Waals surface area contributed by atoms with Crippen molar-refractivity contribution >= 4 is 39.9 Å². The molecule has 1 atom stereocenters. The van der Waals surface area contributed by atoms with Crippen LogP contribution in [0.25, 0.3) is 0 Å². The molecule has 0 aliphatic carbocycles. The number of halogens is 3. The summed E-state index contributed by atoms with van der Waals surface area (Å²) in [5.41, 5.74) is 1.28. The average molecular weight is 340 g/mol. The number of rotatable bonds is 2. The fraction of sp³-hybridized carbons (Fsp3) is 0.500. The highest BCUT2D eigenvalue weighted by Gasteiger charge is 2.15. The third-order valence-corrected chi connectivity index (χ3v) is 4.08. The minimum absolute atomic E-state index is 0. The summed E-state index contributed by atoms with van der Waals surface area (Å²) < 4.78 is 0.964.